The molecule has 0 unspecified atom stereocenters. The summed E-state index contributed by atoms with van der Waals surface area (Å²) in [6.07, 6.45) is 0. The third kappa shape index (κ3) is 4.46. The maximum atomic E-state index is 13.7. The summed E-state index contributed by atoms with van der Waals surface area (Å²) in [4.78, 5) is 0. The van der Waals surface area contributed by atoms with E-state index in [1.54, 1.807) is 26.2 Å². The van der Waals surface area contributed by atoms with Crippen LogP contribution in [0.15, 0.2) is 47.6 Å². The molecule has 0 spiro atoms. The number of hydrazone groups is 1. The molecule has 0 saturated heterocycles. The van der Waals surface area contributed by atoms with E-state index in [-0.39, 0.29) is 10.7 Å². The molecule has 0 aliphatic carbocycles. The van der Waals surface area contributed by atoms with E-state index in [1.807, 2.05) is 12.1 Å². The molecule has 0 amide bonds. The molecule has 7 heteroatoms. The maximum absolute atomic E-state index is 13.7. The van der Waals surface area contributed by atoms with Gasteiger partial charge in [-0.2, -0.15) is 5.10 Å². The van der Waals surface area contributed by atoms with Gasteiger partial charge >= 0.3 is 0 Å². The summed E-state index contributed by atoms with van der Waals surface area (Å²) in [6, 6.07) is 10.5. The van der Waals surface area contributed by atoms with Crippen molar-refractivity contribution in [3.63, 3.8) is 0 Å². The Hall–Kier alpha value is -2.54. The second-order valence-electron chi connectivity index (χ2n) is 4.59. The lowest BCUT2D eigenvalue weighted by atomic mass is 10.1. The number of ether oxygens (including phenoxy) is 1. The molecular weight excluding hydrogens is 320 g/mol. The fraction of sp³-hybridized carbons (Fsp3) is 0.125. The summed E-state index contributed by atoms with van der Waals surface area (Å²) in [5, 5.41) is 7.14. The smallest absolute Gasteiger partial charge is 0.191 e. The van der Waals surface area contributed by atoms with Gasteiger partial charge in [-0.1, -0.05) is 12.1 Å². The van der Waals surface area contributed by atoms with Crippen LogP contribution in [0.4, 0.5) is 14.5 Å². The van der Waals surface area contributed by atoms with Gasteiger partial charge in [0.25, 0.3) is 0 Å². The van der Waals surface area contributed by atoms with Gasteiger partial charge in [0.15, 0.2) is 5.11 Å². The van der Waals surface area contributed by atoms with Gasteiger partial charge < -0.3 is 10.1 Å². The van der Waals surface area contributed by atoms with Gasteiger partial charge in [-0.25, -0.2) is 8.78 Å². The number of nitrogens with zero attached hydrogens (tertiary/aromatic N) is 1. The number of nitrogens with one attached hydrogen (secondary N) is 2. The van der Waals surface area contributed by atoms with Crippen molar-refractivity contribution in [2.75, 3.05) is 12.4 Å². The quantitative estimate of drug-likeness (QED) is 0.508. The lowest BCUT2D eigenvalue weighted by Gasteiger charge is -2.11. The molecule has 4 nitrogen and oxygen atoms in total. The van der Waals surface area contributed by atoms with E-state index in [0.717, 1.165) is 6.07 Å². The highest BCUT2D eigenvalue weighted by atomic mass is 32.1. The van der Waals surface area contributed by atoms with Crippen molar-refractivity contribution >= 4 is 28.7 Å². The van der Waals surface area contributed by atoms with Gasteiger partial charge in [0.1, 0.15) is 17.4 Å². The second kappa shape index (κ2) is 7.64. The van der Waals surface area contributed by atoms with Crippen molar-refractivity contribution in [1.82, 2.24) is 5.43 Å². The van der Waals surface area contributed by atoms with Gasteiger partial charge in [0, 0.05) is 11.6 Å². The Kier molecular flexibility index (Phi) is 5.59. The molecule has 0 atom stereocenters. The van der Waals surface area contributed by atoms with Crippen molar-refractivity contribution in [2.24, 2.45) is 5.10 Å². The van der Waals surface area contributed by atoms with Crippen LogP contribution < -0.4 is 15.5 Å². The van der Waals surface area contributed by atoms with Gasteiger partial charge in [-0.3, -0.25) is 5.43 Å². The molecule has 0 bridgehead atoms. The third-order valence-corrected chi connectivity index (χ3v) is 3.19. The normalized spacial score (nSPS) is 11.0. The number of halogens is 2. The Balaban J connectivity index is 2.05. The molecule has 23 heavy (non-hydrogen) atoms. The molecule has 2 aromatic rings. The zero-order chi connectivity index (χ0) is 16.8. The highest BCUT2D eigenvalue weighted by molar-refractivity contribution is 7.80. The molecule has 2 aromatic carbocycles. The molecule has 120 valence electrons. The Morgan fingerprint density at radius 3 is 2.61 bits per heavy atom. The van der Waals surface area contributed by atoms with Crippen LogP contribution in [0.25, 0.3) is 0 Å². The number of methoxy groups -OCH3 is 1. The van der Waals surface area contributed by atoms with Crippen LogP contribution in [0.1, 0.15) is 12.5 Å². The molecule has 0 heterocycles. The summed E-state index contributed by atoms with van der Waals surface area (Å²) in [7, 11) is 1.55. The zero-order valence-electron chi connectivity index (χ0n) is 12.6. The van der Waals surface area contributed by atoms with E-state index in [4.69, 9.17) is 17.0 Å². The number of anilines is 1. The van der Waals surface area contributed by atoms with Crippen LogP contribution in [0, 0.1) is 11.6 Å². The second-order valence-corrected chi connectivity index (χ2v) is 5.00. The maximum Gasteiger partial charge on any atom is 0.191 e. The molecule has 0 aliphatic rings. The van der Waals surface area contributed by atoms with Crippen molar-refractivity contribution in [3.8, 4) is 5.75 Å². The summed E-state index contributed by atoms with van der Waals surface area (Å²) >= 11 is 5.13. The number of hydrogen-bond donors (Lipinski definition) is 2. The molecular formula is C16H15F2N3OS. The van der Waals surface area contributed by atoms with Crippen LogP contribution >= 0.6 is 12.2 Å². The van der Waals surface area contributed by atoms with E-state index in [9.17, 15) is 8.78 Å². The summed E-state index contributed by atoms with van der Waals surface area (Å²) in [5.74, 6) is -0.695. The summed E-state index contributed by atoms with van der Waals surface area (Å²) < 4.78 is 31.8. The van der Waals surface area contributed by atoms with Gasteiger partial charge in [0.05, 0.1) is 18.5 Å². The number of para-hydroxylation sites is 2. The fourth-order valence-corrected chi connectivity index (χ4v) is 2.03. The standard InChI is InChI=1S/C16H15F2N3OS/c1-10(12-8-7-11(17)9-13(12)18)20-21-16(23)19-14-5-3-4-6-15(14)22-2/h3-9H,1-2H3,(H2,19,21,23)/b20-10-. The van der Waals surface area contributed by atoms with Crippen LogP contribution in [0.2, 0.25) is 0 Å². The minimum Gasteiger partial charge on any atom is -0.495 e. The molecule has 2 N–H and O–H groups in total. The van der Waals surface area contributed by atoms with E-state index in [0.29, 0.717) is 17.1 Å². The highest BCUT2D eigenvalue weighted by Crippen LogP contribution is 2.22. The SMILES string of the molecule is COc1ccccc1NC(=S)N/N=C(/C)c1ccc(F)cc1F. The summed E-state index contributed by atoms with van der Waals surface area (Å²) in [5.41, 5.74) is 3.82. The molecule has 2 rings (SSSR count). The monoisotopic (exact) mass is 335 g/mol. The lowest BCUT2D eigenvalue weighted by Crippen LogP contribution is -2.25. The Morgan fingerprint density at radius 1 is 1.17 bits per heavy atom. The molecule has 0 saturated carbocycles. The van der Waals surface area contributed by atoms with E-state index < -0.39 is 11.6 Å². The van der Waals surface area contributed by atoms with E-state index in [1.165, 1.54) is 12.1 Å². The first kappa shape index (κ1) is 16.8. The molecule has 0 fully saturated rings. The van der Waals surface area contributed by atoms with Gasteiger partial charge in [0.2, 0.25) is 0 Å². The van der Waals surface area contributed by atoms with E-state index in [2.05, 4.69) is 15.8 Å². The summed E-state index contributed by atoms with van der Waals surface area (Å²) in [6.45, 7) is 1.59. The first-order chi connectivity index (χ1) is 11.0. The Morgan fingerprint density at radius 2 is 1.91 bits per heavy atom. The predicted molar refractivity (Wildman–Crippen MR) is 90.9 cm³/mol. The van der Waals surface area contributed by atoms with Crippen molar-refractivity contribution in [2.45, 2.75) is 6.92 Å². The van der Waals surface area contributed by atoms with Crippen molar-refractivity contribution < 1.29 is 13.5 Å². The van der Waals surface area contributed by atoms with Crippen molar-refractivity contribution in [3.05, 3.63) is 59.7 Å². The first-order valence-corrected chi connectivity index (χ1v) is 7.12. The minimum absolute atomic E-state index is 0.194. The predicted octanol–water partition coefficient (Wildman–Crippen LogP) is 3.68. The zero-order valence-corrected chi connectivity index (χ0v) is 13.4. The van der Waals surface area contributed by atoms with E-state index >= 15 is 0 Å². The van der Waals surface area contributed by atoms with Gasteiger partial charge in [-0.15, -0.1) is 0 Å². The molecule has 0 aromatic heterocycles. The van der Waals surface area contributed by atoms with Crippen LogP contribution in [0.3, 0.4) is 0 Å². The minimum atomic E-state index is -0.684. The first-order valence-electron chi connectivity index (χ1n) is 6.71. The number of benzene rings is 2. The molecule has 0 aliphatic heterocycles. The Bertz CT molecular complexity index is 750. The number of rotatable bonds is 4. The van der Waals surface area contributed by atoms with Crippen LogP contribution in [-0.4, -0.2) is 17.9 Å². The average molecular weight is 335 g/mol. The number of thiocarbonyl (C=S) groups is 1. The van der Waals surface area contributed by atoms with Crippen LogP contribution in [0.5, 0.6) is 5.75 Å². The largest absolute Gasteiger partial charge is 0.495 e. The lowest BCUT2D eigenvalue weighted by molar-refractivity contribution is 0.417. The van der Waals surface area contributed by atoms with Crippen LogP contribution in [-0.2, 0) is 0 Å². The highest BCUT2D eigenvalue weighted by Gasteiger charge is 2.07. The van der Waals surface area contributed by atoms with Crippen molar-refractivity contribution in [1.29, 1.82) is 0 Å². The third-order valence-electron chi connectivity index (χ3n) is 3.00. The number of hydrogen-bond acceptors (Lipinski definition) is 3. The molecule has 0 radical (unpaired) electrons. The topological polar surface area (TPSA) is 45.6 Å². The van der Waals surface area contributed by atoms with Gasteiger partial charge in [-0.05, 0) is 43.4 Å². The Labute approximate surface area is 138 Å². The average Bonchev–Trinajstić information content (AvgIpc) is 2.53. The fourth-order valence-electron chi connectivity index (χ4n) is 1.88.